The van der Waals surface area contributed by atoms with E-state index in [0.29, 0.717) is 29.5 Å². The van der Waals surface area contributed by atoms with Crippen molar-refractivity contribution in [1.82, 2.24) is 4.90 Å². The number of rotatable bonds is 6. The first kappa shape index (κ1) is 22.5. The van der Waals surface area contributed by atoms with E-state index in [2.05, 4.69) is 11.8 Å². The quantitative estimate of drug-likeness (QED) is 0.533. The Morgan fingerprint density at radius 2 is 1.62 bits per heavy atom. The highest BCUT2D eigenvalue weighted by Gasteiger charge is 2.51. The Morgan fingerprint density at radius 1 is 0.941 bits per heavy atom. The van der Waals surface area contributed by atoms with Crippen molar-refractivity contribution in [3.05, 3.63) is 90.0 Å². The van der Waals surface area contributed by atoms with E-state index in [9.17, 15) is 14.7 Å². The maximum absolute atomic E-state index is 13.6. The molecule has 0 aromatic heterocycles. The van der Waals surface area contributed by atoms with E-state index in [4.69, 9.17) is 0 Å². The zero-order valence-corrected chi connectivity index (χ0v) is 19.5. The van der Waals surface area contributed by atoms with E-state index in [-0.39, 0.29) is 12.2 Å². The van der Waals surface area contributed by atoms with Crippen LogP contribution in [-0.4, -0.2) is 41.0 Å². The highest BCUT2D eigenvalue weighted by atomic mass is 16.3. The smallest absolute Gasteiger partial charge is 0.265 e. The number of Topliss-reactive ketones (excluding diaryl/α,β-unsaturated/α-hetero) is 1. The number of anilines is 1. The minimum atomic E-state index is -1.86. The van der Waals surface area contributed by atoms with Crippen molar-refractivity contribution in [2.75, 3.05) is 18.1 Å². The van der Waals surface area contributed by atoms with Crippen LogP contribution in [0.1, 0.15) is 48.5 Å². The van der Waals surface area contributed by atoms with Crippen molar-refractivity contribution in [2.24, 2.45) is 0 Å². The fraction of sp³-hybridized carbons (Fsp3) is 0.310. The molecule has 2 aliphatic rings. The van der Waals surface area contributed by atoms with Gasteiger partial charge in [-0.1, -0.05) is 79.2 Å². The summed E-state index contributed by atoms with van der Waals surface area (Å²) in [5.41, 5.74) is 1.92. The van der Waals surface area contributed by atoms with Crippen molar-refractivity contribution in [1.29, 1.82) is 0 Å². The van der Waals surface area contributed by atoms with Gasteiger partial charge in [-0.2, -0.15) is 0 Å². The third-order valence-electron chi connectivity index (χ3n) is 7.23. The van der Waals surface area contributed by atoms with Crippen LogP contribution in [-0.2, 0) is 10.4 Å². The Morgan fingerprint density at radius 3 is 2.35 bits per heavy atom. The first-order chi connectivity index (χ1) is 16.5. The number of amides is 1. The lowest BCUT2D eigenvalue weighted by atomic mass is 9.88. The lowest BCUT2D eigenvalue weighted by Gasteiger charge is -2.36. The Balaban J connectivity index is 1.38. The number of hydrogen-bond donors (Lipinski definition) is 1. The Labute approximate surface area is 200 Å². The van der Waals surface area contributed by atoms with E-state index in [1.807, 2.05) is 60.7 Å². The topological polar surface area (TPSA) is 60.9 Å². The summed E-state index contributed by atoms with van der Waals surface area (Å²) in [5, 5.41) is 11.6. The molecule has 34 heavy (non-hydrogen) atoms. The Hall–Kier alpha value is -3.28. The molecule has 0 radical (unpaired) electrons. The number of likely N-dealkylation sites (tertiary alicyclic amines) is 1. The molecule has 1 N–H and O–H groups in total. The molecule has 1 fully saturated rings. The van der Waals surface area contributed by atoms with Gasteiger partial charge in [-0.05, 0) is 37.0 Å². The molecule has 3 aromatic carbocycles. The molecule has 5 nitrogen and oxygen atoms in total. The van der Waals surface area contributed by atoms with E-state index in [0.717, 1.165) is 30.5 Å². The Bertz CT molecular complexity index is 1190. The van der Waals surface area contributed by atoms with E-state index in [1.165, 1.54) is 6.42 Å². The van der Waals surface area contributed by atoms with Gasteiger partial charge in [-0.3, -0.25) is 19.4 Å². The zero-order valence-electron chi connectivity index (χ0n) is 19.5. The van der Waals surface area contributed by atoms with Crippen molar-refractivity contribution in [2.45, 2.75) is 44.2 Å². The summed E-state index contributed by atoms with van der Waals surface area (Å²) < 4.78 is 0. The van der Waals surface area contributed by atoms with Crippen LogP contribution in [0, 0.1) is 0 Å². The molecular formula is C29H30N2O3. The largest absolute Gasteiger partial charge is 0.375 e. The van der Waals surface area contributed by atoms with Crippen LogP contribution in [0.5, 0.6) is 0 Å². The van der Waals surface area contributed by atoms with Gasteiger partial charge in [-0.25, -0.2) is 0 Å². The predicted octanol–water partition coefficient (Wildman–Crippen LogP) is 4.99. The second kappa shape index (κ2) is 9.16. The van der Waals surface area contributed by atoms with Crippen molar-refractivity contribution in [3.8, 4) is 11.1 Å². The lowest BCUT2D eigenvalue weighted by Crippen LogP contribution is -2.49. The van der Waals surface area contributed by atoms with Gasteiger partial charge >= 0.3 is 0 Å². The standard InChI is InChI=1S/C29H30N2O3/c1-21-9-7-8-18-30(21)20-31-26-13-6-5-12-25(26)29(34,28(31)33)19-27(32)24-16-14-23(15-17-24)22-10-3-2-4-11-22/h2-6,10-17,21,34H,7-9,18-20H2,1H3. The van der Waals surface area contributed by atoms with E-state index in [1.54, 1.807) is 23.1 Å². The minimum Gasteiger partial charge on any atom is -0.375 e. The molecule has 1 saturated heterocycles. The average Bonchev–Trinajstić information content (AvgIpc) is 3.08. The summed E-state index contributed by atoms with van der Waals surface area (Å²) in [7, 11) is 0. The first-order valence-electron chi connectivity index (χ1n) is 12.0. The summed E-state index contributed by atoms with van der Waals surface area (Å²) in [6, 6.07) is 25.0. The summed E-state index contributed by atoms with van der Waals surface area (Å²) in [4.78, 5) is 30.7. The number of para-hydroxylation sites is 1. The molecule has 2 unspecified atom stereocenters. The predicted molar refractivity (Wildman–Crippen MR) is 134 cm³/mol. The van der Waals surface area contributed by atoms with Crippen LogP contribution in [0.4, 0.5) is 5.69 Å². The molecule has 2 atom stereocenters. The van der Waals surface area contributed by atoms with Crippen molar-refractivity contribution >= 4 is 17.4 Å². The fourth-order valence-corrected chi connectivity index (χ4v) is 5.18. The number of fused-ring (bicyclic) bond motifs is 1. The zero-order chi connectivity index (χ0) is 23.7. The molecule has 0 aliphatic carbocycles. The fourth-order valence-electron chi connectivity index (χ4n) is 5.18. The molecule has 5 rings (SSSR count). The molecule has 3 aromatic rings. The maximum atomic E-state index is 13.6. The summed E-state index contributed by atoms with van der Waals surface area (Å²) in [5.74, 6) is -0.667. The van der Waals surface area contributed by atoms with Crippen LogP contribution in [0.15, 0.2) is 78.9 Å². The van der Waals surface area contributed by atoms with Gasteiger partial charge < -0.3 is 5.11 Å². The van der Waals surface area contributed by atoms with Crippen LogP contribution in [0.2, 0.25) is 0 Å². The number of nitrogens with zero attached hydrogens (tertiary/aromatic N) is 2. The minimum absolute atomic E-state index is 0.251. The van der Waals surface area contributed by atoms with Crippen molar-refractivity contribution in [3.63, 3.8) is 0 Å². The molecule has 2 aliphatic heterocycles. The molecule has 2 heterocycles. The second-order valence-electron chi connectivity index (χ2n) is 9.45. The third-order valence-corrected chi connectivity index (χ3v) is 7.23. The van der Waals surface area contributed by atoms with Gasteiger partial charge in [0, 0.05) is 23.7 Å². The van der Waals surface area contributed by atoms with Gasteiger partial charge in [0.2, 0.25) is 0 Å². The van der Waals surface area contributed by atoms with E-state index < -0.39 is 11.5 Å². The third kappa shape index (κ3) is 4.06. The number of ketones is 1. The van der Waals surface area contributed by atoms with Crippen LogP contribution < -0.4 is 4.90 Å². The van der Waals surface area contributed by atoms with Crippen molar-refractivity contribution < 1.29 is 14.7 Å². The average molecular weight is 455 g/mol. The summed E-state index contributed by atoms with van der Waals surface area (Å²) in [6.07, 6.45) is 3.13. The number of carbonyl (C=O) groups is 2. The number of benzene rings is 3. The van der Waals surface area contributed by atoms with Gasteiger partial charge in [0.1, 0.15) is 0 Å². The SMILES string of the molecule is CC1CCCCN1CN1C(=O)C(O)(CC(=O)c2ccc(-c3ccccc3)cc2)c2ccccc21. The molecule has 1 amide bonds. The monoisotopic (exact) mass is 454 g/mol. The molecule has 5 heteroatoms. The molecular weight excluding hydrogens is 424 g/mol. The summed E-state index contributed by atoms with van der Waals surface area (Å²) in [6.45, 7) is 3.54. The van der Waals surface area contributed by atoms with Crippen LogP contribution >= 0.6 is 0 Å². The number of hydrogen-bond acceptors (Lipinski definition) is 4. The summed E-state index contributed by atoms with van der Waals surface area (Å²) >= 11 is 0. The Kier molecular flexibility index (Phi) is 6.07. The lowest BCUT2D eigenvalue weighted by molar-refractivity contribution is -0.136. The van der Waals surface area contributed by atoms with Gasteiger partial charge in [-0.15, -0.1) is 0 Å². The normalized spacial score (nSPS) is 22.6. The molecule has 0 bridgehead atoms. The second-order valence-corrected chi connectivity index (χ2v) is 9.45. The van der Waals surface area contributed by atoms with Gasteiger partial charge in [0.05, 0.1) is 18.8 Å². The van der Waals surface area contributed by atoms with Crippen LogP contribution in [0.3, 0.4) is 0 Å². The van der Waals surface area contributed by atoms with Gasteiger partial charge in [0.15, 0.2) is 11.4 Å². The van der Waals surface area contributed by atoms with E-state index >= 15 is 0 Å². The highest BCUT2D eigenvalue weighted by Crippen LogP contribution is 2.43. The molecule has 174 valence electrons. The van der Waals surface area contributed by atoms with Gasteiger partial charge in [0.25, 0.3) is 5.91 Å². The number of carbonyl (C=O) groups excluding carboxylic acids is 2. The molecule has 0 spiro atoms. The number of aliphatic hydroxyl groups is 1. The number of piperidine rings is 1. The van der Waals surface area contributed by atoms with Crippen LogP contribution in [0.25, 0.3) is 11.1 Å². The maximum Gasteiger partial charge on any atom is 0.265 e. The highest BCUT2D eigenvalue weighted by molar-refractivity contribution is 6.10. The molecule has 0 saturated carbocycles. The first-order valence-corrected chi connectivity index (χ1v) is 12.0.